The summed E-state index contributed by atoms with van der Waals surface area (Å²) in [7, 11) is 0. The van der Waals surface area contributed by atoms with E-state index in [1.54, 1.807) is 0 Å². The number of hydrogen-bond donors (Lipinski definition) is 0. The first kappa shape index (κ1) is 22.4. The third-order valence-electron chi connectivity index (χ3n) is 0. The minimum Gasteiger partial charge on any atom is -1.00 e. The van der Waals surface area contributed by atoms with Gasteiger partial charge >= 0.3 is 154 Å². The van der Waals surface area contributed by atoms with E-state index in [1.807, 2.05) is 0 Å². The van der Waals surface area contributed by atoms with E-state index < -0.39 is 0 Å². The maximum atomic E-state index is 3.38. The van der Waals surface area contributed by atoms with Crippen molar-refractivity contribution in [3.63, 3.8) is 0 Å². The Bertz CT molecular complexity index is 10.1. The molecule has 0 fully saturated rings. The molecule has 0 bridgehead atoms. The van der Waals surface area contributed by atoms with E-state index in [1.165, 1.54) is 0 Å². The summed E-state index contributed by atoms with van der Waals surface area (Å²) in [6.45, 7) is 6.75. The SMILES string of the molecule is [CH2-]C[CH2-].[H-].[K+].[K+].[K+]. The number of hydrogen-bond acceptors (Lipinski definition) is 0. The van der Waals surface area contributed by atoms with E-state index >= 15 is 0 Å². The van der Waals surface area contributed by atoms with Crippen molar-refractivity contribution in [2.45, 2.75) is 6.42 Å². The second-order valence-electron chi connectivity index (χ2n) is 0.354. The molecule has 0 aliphatic heterocycles. The van der Waals surface area contributed by atoms with Crippen molar-refractivity contribution < 1.29 is 156 Å². The average molecular weight is 160 g/mol. The molecule has 0 aromatic heterocycles. The maximum Gasteiger partial charge on any atom is 1.00 e. The Balaban J connectivity index is -0.00000000333. The van der Waals surface area contributed by atoms with Crippen LogP contribution in [-0.4, -0.2) is 0 Å². The van der Waals surface area contributed by atoms with Crippen molar-refractivity contribution in [1.82, 2.24) is 0 Å². The molecule has 0 radical (unpaired) electrons. The van der Waals surface area contributed by atoms with Gasteiger partial charge in [0.05, 0.1) is 0 Å². The van der Waals surface area contributed by atoms with Gasteiger partial charge in [-0.1, -0.05) is 0 Å². The first-order chi connectivity index (χ1) is 1.41. The largest absolute Gasteiger partial charge is 1.00 e. The van der Waals surface area contributed by atoms with Crippen LogP contribution in [0.3, 0.4) is 0 Å². The molecule has 0 saturated carbocycles. The molecule has 0 amide bonds. The van der Waals surface area contributed by atoms with Gasteiger partial charge in [0, 0.05) is 0 Å². The van der Waals surface area contributed by atoms with Gasteiger partial charge in [-0.3, -0.25) is 0 Å². The molecule has 0 spiro atoms. The normalized spacial score (nSPS) is 3.00. The van der Waals surface area contributed by atoms with E-state index in [4.69, 9.17) is 0 Å². The molecular weight excluding hydrogens is 153 g/mol. The van der Waals surface area contributed by atoms with Gasteiger partial charge in [0.2, 0.25) is 0 Å². The Labute approximate surface area is 170 Å². The zero-order chi connectivity index (χ0) is 2.71. The van der Waals surface area contributed by atoms with Crippen LogP contribution in [0, 0.1) is 13.8 Å². The van der Waals surface area contributed by atoms with Crippen molar-refractivity contribution in [1.29, 1.82) is 0 Å². The molecule has 0 aliphatic carbocycles. The second kappa shape index (κ2) is 22.5. The predicted octanol–water partition coefficient (Wildman–Crippen LogP) is -7.83. The van der Waals surface area contributed by atoms with Gasteiger partial charge in [0.25, 0.3) is 0 Å². The van der Waals surface area contributed by atoms with Crippen LogP contribution in [0.2, 0.25) is 0 Å². The van der Waals surface area contributed by atoms with Gasteiger partial charge in [-0.15, -0.1) is 0 Å². The van der Waals surface area contributed by atoms with Crippen molar-refractivity contribution in [3.8, 4) is 0 Å². The van der Waals surface area contributed by atoms with Crippen LogP contribution in [0.5, 0.6) is 0 Å². The molecule has 3 heteroatoms. The van der Waals surface area contributed by atoms with Crippen molar-refractivity contribution in [2.24, 2.45) is 0 Å². The summed E-state index contributed by atoms with van der Waals surface area (Å²) in [4.78, 5) is 0. The fourth-order valence-corrected chi connectivity index (χ4v) is 0. The van der Waals surface area contributed by atoms with E-state index in [9.17, 15) is 0 Å². The molecule has 0 aliphatic rings. The van der Waals surface area contributed by atoms with E-state index in [2.05, 4.69) is 13.8 Å². The standard InChI is InChI=1S/C3H6.3K.H/c1-3-2;;;;/h1-3H2;;;;/q-2;3*+1;-1. The van der Waals surface area contributed by atoms with Crippen LogP contribution < -0.4 is 154 Å². The van der Waals surface area contributed by atoms with E-state index in [0.717, 1.165) is 6.42 Å². The van der Waals surface area contributed by atoms with Crippen molar-refractivity contribution in [2.75, 3.05) is 0 Å². The summed E-state index contributed by atoms with van der Waals surface area (Å²) < 4.78 is 0. The maximum absolute atomic E-state index is 3.38. The summed E-state index contributed by atoms with van der Waals surface area (Å²) >= 11 is 0. The molecule has 0 heterocycles. The molecule has 0 atom stereocenters. The summed E-state index contributed by atoms with van der Waals surface area (Å²) in [6.07, 6.45) is 0.750. The summed E-state index contributed by atoms with van der Waals surface area (Å²) in [6, 6.07) is 0. The molecular formula is C3H7K3. The van der Waals surface area contributed by atoms with Crippen LogP contribution in [0.25, 0.3) is 0 Å². The van der Waals surface area contributed by atoms with Gasteiger partial charge in [-0.2, -0.15) is 0 Å². The Hall–Kier alpha value is 4.91. The van der Waals surface area contributed by atoms with Crippen LogP contribution >= 0.6 is 0 Å². The number of rotatable bonds is 0. The van der Waals surface area contributed by atoms with E-state index in [0.29, 0.717) is 0 Å². The topological polar surface area (TPSA) is 0 Å². The average Bonchev–Trinajstić information content (AvgIpc) is 0.918. The second-order valence-corrected chi connectivity index (χ2v) is 0.354. The first-order valence-electron chi connectivity index (χ1n) is 1.000. The van der Waals surface area contributed by atoms with Gasteiger partial charge in [-0.05, 0) is 0 Å². The first-order valence-corrected chi connectivity index (χ1v) is 1.000. The van der Waals surface area contributed by atoms with Gasteiger partial charge < -0.3 is 21.7 Å². The molecule has 0 unspecified atom stereocenters. The van der Waals surface area contributed by atoms with Crippen LogP contribution in [0.15, 0.2) is 0 Å². The smallest absolute Gasteiger partial charge is 1.00 e. The van der Waals surface area contributed by atoms with Gasteiger partial charge in [-0.25, -0.2) is 0 Å². The molecule has 0 N–H and O–H groups in total. The van der Waals surface area contributed by atoms with Crippen LogP contribution in [0.4, 0.5) is 0 Å². The Morgan fingerprint density at radius 1 is 1.00 bits per heavy atom. The Morgan fingerprint density at radius 3 is 1.00 bits per heavy atom. The fraction of sp³-hybridized carbons (Fsp3) is 0.333. The molecule has 22 valence electrons. The zero-order valence-corrected chi connectivity index (χ0v) is 14.5. The summed E-state index contributed by atoms with van der Waals surface area (Å²) in [5, 5.41) is 0. The molecule has 0 nitrogen and oxygen atoms in total. The summed E-state index contributed by atoms with van der Waals surface area (Å²) in [5.41, 5.74) is 0. The molecule has 0 aromatic carbocycles. The predicted molar refractivity (Wildman–Crippen MR) is 16.4 cm³/mol. The van der Waals surface area contributed by atoms with Gasteiger partial charge in [0.15, 0.2) is 0 Å². The third kappa shape index (κ3) is 23.1. The third-order valence-corrected chi connectivity index (χ3v) is 0. The van der Waals surface area contributed by atoms with Crippen molar-refractivity contribution >= 4 is 0 Å². The zero-order valence-electron chi connectivity index (χ0n) is 6.12. The molecule has 0 rings (SSSR count). The fourth-order valence-electron chi connectivity index (χ4n) is 0. The van der Waals surface area contributed by atoms with E-state index in [-0.39, 0.29) is 156 Å². The minimum absolute atomic E-state index is 0. The van der Waals surface area contributed by atoms with Crippen molar-refractivity contribution in [3.05, 3.63) is 13.8 Å². The molecule has 0 aromatic rings. The minimum atomic E-state index is 0. The monoisotopic (exact) mass is 160 g/mol. The quantitative estimate of drug-likeness (QED) is 0.244. The summed E-state index contributed by atoms with van der Waals surface area (Å²) in [5.74, 6) is 0. The Kier molecular flexibility index (Phi) is 84.2. The molecule has 6 heavy (non-hydrogen) atoms. The Morgan fingerprint density at radius 2 is 1.00 bits per heavy atom. The molecule has 0 saturated heterocycles. The van der Waals surface area contributed by atoms with Gasteiger partial charge in [0.1, 0.15) is 0 Å². The van der Waals surface area contributed by atoms with Crippen LogP contribution in [0.1, 0.15) is 7.85 Å². The van der Waals surface area contributed by atoms with Crippen LogP contribution in [-0.2, 0) is 0 Å².